The number of piperidine rings is 1. The molecule has 0 radical (unpaired) electrons. The van der Waals surface area contributed by atoms with Crippen LogP contribution in [0.5, 0.6) is 0 Å². The lowest BCUT2D eigenvalue weighted by atomic mass is 9.96. The molecule has 1 aromatic heterocycles. The topological polar surface area (TPSA) is 80.0 Å². The van der Waals surface area contributed by atoms with Crippen molar-refractivity contribution in [2.24, 2.45) is 5.73 Å². The molecule has 2 rings (SSSR count). The van der Waals surface area contributed by atoms with E-state index in [1.165, 1.54) is 6.20 Å². The average Bonchev–Trinajstić information content (AvgIpc) is 2.45. The third kappa shape index (κ3) is 4.40. The quantitative estimate of drug-likeness (QED) is 0.774. The zero-order valence-electron chi connectivity index (χ0n) is 11.3. The maximum atomic E-state index is 12.7. The molecule has 2 unspecified atom stereocenters. The van der Waals surface area contributed by atoms with Crippen LogP contribution < -0.4 is 16.4 Å². The molecule has 0 aromatic carbocycles. The number of alkyl halides is 3. The molecule has 116 valence electrons. The van der Waals surface area contributed by atoms with Gasteiger partial charge in [-0.2, -0.15) is 13.2 Å². The van der Waals surface area contributed by atoms with Crippen molar-refractivity contribution in [3.8, 4) is 0 Å². The van der Waals surface area contributed by atoms with Gasteiger partial charge in [0.1, 0.15) is 0 Å². The Kier molecular flexibility index (Phi) is 4.79. The van der Waals surface area contributed by atoms with Gasteiger partial charge in [0.2, 0.25) is 5.91 Å². The number of hydrogen-bond acceptors (Lipinski definition) is 4. The molecule has 4 N–H and O–H groups in total. The summed E-state index contributed by atoms with van der Waals surface area (Å²) in [6, 6.07) is 1.77. The molecule has 2 atom stereocenters. The van der Waals surface area contributed by atoms with Crippen LogP contribution >= 0.6 is 0 Å². The first-order valence-electron chi connectivity index (χ1n) is 6.64. The Morgan fingerprint density at radius 2 is 2.29 bits per heavy atom. The van der Waals surface area contributed by atoms with Crippen molar-refractivity contribution in [2.75, 3.05) is 13.1 Å². The van der Waals surface area contributed by atoms with Crippen molar-refractivity contribution < 1.29 is 18.0 Å². The van der Waals surface area contributed by atoms with Crippen LogP contribution in [-0.4, -0.2) is 30.0 Å². The van der Waals surface area contributed by atoms with Gasteiger partial charge in [0, 0.05) is 12.2 Å². The van der Waals surface area contributed by atoms with E-state index in [1.54, 1.807) is 0 Å². The summed E-state index contributed by atoms with van der Waals surface area (Å²) >= 11 is 0. The van der Waals surface area contributed by atoms with Gasteiger partial charge in [-0.05, 0) is 31.5 Å². The van der Waals surface area contributed by atoms with Crippen LogP contribution in [0, 0.1) is 0 Å². The largest absolute Gasteiger partial charge is 0.416 e. The lowest BCUT2D eigenvalue weighted by molar-refractivity contribution is -0.137. The Hall–Kier alpha value is -1.67. The standard InChI is InChI=1S/C13H17F3N4O/c14-13(15,16)8-1-3-18-10(5-8)11-6-9(2-4-19-11)20-7-12(17)21/h1,3,5,9,11,19-20H,2,4,6-7H2,(H2,17,21). The van der Waals surface area contributed by atoms with E-state index in [-0.39, 0.29) is 18.6 Å². The lowest BCUT2D eigenvalue weighted by Gasteiger charge is -2.30. The minimum absolute atomic E-state index is 0.0279. The molecule has 1 aliphatic rings. The number of pyridine rings is 1. The number of halogens is 3. The van der Waals surface area contributed by atoms with Crippen molar-refractivity contribution in [3.05, 3.63) is 29.6 Å². The molecule has 0 bridgehead atoms. The number of nitrogens with zero attached hydrogens (tertiary/aromatic N) is 1. The summed E-state index contributed by atoms with van der Waals surface area (Å²) in [5.41, 5.74) is 4.72. The van der Waals surface area contributed by atoms with Gasteiger partial charge in [-0.15, -0.1) is 0 Å². The van der Waals surface area contributed by atoms with Gasteiger partial charge < -0.3 is 16.4 Å². The van der Waals surface area contributed by atoms with E-state index in [0.29, 0.717) is 18.7 Å². The van der Waals surface area contributed by atoms with Crippen LogP contribution in [0.25, 0.3) is 0 Å². The van der Waals surface area contributed by atoms with E-state index in [0.717, 1.165) is 18.6 Å². The highest BCUT2D eigenvalue weighted by Gasteiger charge is 2.32. The molecule has 0 spiro atoms. The van der Waals surface area contributed by atoms with Crippen LogP contribution in [0.4, 0.5) is 13.2 Å². The number of rotatable bonds is 4. The number of hydrogen-bond donors (Lipinski definition) is 3. The fraction of sp³-hybridized carbons (Fsp3) is 0.538. The van der Waals surface area contributed by atoms with Crippen molar-refractivity contribution >= 4 is 5.91 Å². The SMILES string of the molecule is NC(=O)CNC1CCNC(c2cc(C(F)(F)F)ccn2)C1. The number of nitrogens with one attached hydrogen (secondary N) is 2. The van der Waals surface area contributed by atoms with Crippen LogP contribution in [-0.2, 0) is 11.0 Å². The van der Waals surface area contributed by atoms with Crippen molar-refractivity contribution in [2.45, 2.75) is 31.1 Å². The van der Waals surface area contributed by atoms with E-state index in [2.05, 4.69) is 15.6 Å². The van der Waals surface area contributed by atoms with Gasteiger partial charge in [-0.1, -0.05) is 0 Å². The van der Waals surface area contributed by atoms with E-state index < -0.39 is 17.6 Å². The first kappa shape index (κ1) is 15.7. The molecular formula is C13H17F3N4O. The van der Waals surface area contributed by atoms with Crippen LogP contribution in [0.3, 0.4) is 0 Å². The molecule has 21 heavy (non-hydrogen) atoms. The summed E-state index contributed by atoms with van der Waals surface area (Å²) < 4.78 is 38.1. The predicted octanol–water partition coefficient (Wildman–Crippen LogP) is 0.968. The van der Waals surface area contributed by atoms with Gasteiger partial charge in [0.15, 0.2) is 0 Å². The molecule has 1 aliphatic heterocycles. The summed E-state index contributed by atoms with van der Waals surface area (Å²) in [5, 5.41) is 6.15. The monoisotopic (exact) mass is 302 g/mol. The molecule has 1 saturated heterocycles. The Balaban J connectivity index is 2.05. The van der Waals surface area contributed by atoms with E-state index in [9.17, 15) is 18.0 Å². The van der Waals surface area contributed by atoms with Crippen LogP contribution in [0.2, 0.25) is 0 Å². The molecule has 5 nitrogen and oxygen atoms in total. The second-order valence-electron chi connectivity index (χ2n) is 5.04. The summed E-state index contributed by atoms with van der Waals surface area (Å²) in [4.78, 5) is 14.8. The van der Waals surface area contributed by atoms with Gasteiger partial charge in [-0.3, -0.25) is 9.78 Å². The number of nitrogens with two attached hydrogens (primary N) is 1. The molecule has 0 saturated carbocycles. The van der Waals surface area contributed by atoms with E-state index in [1.807, 2.05) is 0 Å². The highest BCUT2D eigenvalue weighted by Crippen LogP contribution is 2.31. The minimum Gasteiger partial charge on any atom is -0.369 e. The molecule has 1 aromatic rings. The second kappa shape index (κ2) is 6.40. The Labute approximate surface area is 120 Å². The second-order valence-corrected chi connectivity index (χ2v) is 5.04. The Morgan fingerprint density at radius 3 is 2.95 bits per heavy atom. The normalized spacial score (nSPS) is 23.0. The number of primary amides is 1. The van der Waals surface area contributed by atoms with Gasteiger partial charge in [-0.25, -0.2) is 0 Å². The maximum absolute atomic E-state index is 12.7. The lowest BCUT2D eigenvalue weighted by Crippen LogP contribution is -2.44. The van der Waals surface area contributed by atoms with Gasteiger partial charge >= 0.3 is 6.18 Å². The molecule has 1 fully saturated rings. The number of carbonyl (C=O) groups excluding carboxylic acids is 1. The summed E-state index contributed by atoms with van der Waals surface area (Å²) in [7, 11) is 0. The first-order chi connectivity index (χ1) is 9.86. The zero-order chi connectivity index (χ0) is 15.5. The third-order valence-corrected chi connectivity index (χ3v) is 3.43. The summed E-state index contributed by atoms with van der Waals surface area (Å²) in [5.74, 6) is -0.456. The average molecular weight is 302 g/mol. The smallest absolute Gasteiger partial charge is 0.369 e. The third-order valence-electron chi connectivity index (χ3n) is 3.43. The molecule has 0 aliphatic carbocycles. The molecule has 8 heteroatoms. The zero-order valence-corrected chi connectivity index (χ0v) is 11.3. The fourth-order valence-corrected chi connectivity index (χ4v) is 2.39. The van der Waals surface area contributed by atoms with Crippen LogP contribution in [0.1, 0.15) is 30.1 Å². The van der Waals surface area contributed by atoms with E-state index >= 15 is 0 Å². The number of carbonyl (C=O) groups is 1. The summed E-state index contributed by atoms with van der Waals surface area (Å²) in [6.07, 6.45) is -1.87. The van der Waals surface area contributed by atoms with Gasteiger partial charge in [0.25, 0.3) is 0 Å². The molecule has 1 amide bonds. The number of amides is 1. The van der Waals surface area contributed by atoms with Gasteiger partial charge in [0.05, 0.1) is 23.8 Å². The van der Waals surface area contributed by atoms with Crippen molar-refractivity contribution in [3.63, 3.8) is 0 Å². The maximum Gasteiger partial charge on any atom is 0.416 e. The minimum atomic E-state index is -4.38. The number of aromatic nitrogens is 1. The fourth-order valence-electron chi connectivity index (χ4n) is 2.39. The Morgan fingerprint density at radius 1 is 1.52 bits per heavy atom. The van der Waals surface area contributed by atoms with E-state index in [4.69, 9.17) is 5.73 Å². The highest BCUT2D eigenvalue weighted by atomic mass is 19.4. The van der Waals surface area contributed by atoms with Crippen molar-refractivity contribution in [1.82, 2.24) is 15.6 Å². The van der Waals surface area contributed by atoms with Crippen LogP contribution in [0.15, 0.2) is 18.3 Å². The molecule has 2 heterocycles. The first-order valence-corrected chi connectivity index (χ1v) is 6.64. The van der Waals surface area contributed by atoms with Crippen molar-refractivity contribution in [1.29, 1.82) is 0 Å². The molecular weight excluding hydrogens is 285 g/mol. The predicted molar refractivity (Wildman–Crippen MR) is 70.2 cm³/mol. The highest BCUT2D eigenvalue weighted by molar-refractivity contribution is 5.75. The Bertz CT molecular complexity index is 506. The summed E-state index contributed by atoms with van der Waals surface area (Å²) in [6.45, 7) is 0.701.